The second kappa shape index (κ2) is 7.75. The molecule has 0 fully saturated rings. The molecule has 2 aromatic heterocycles. The minimum Gasteiger partial charge on any atom is -0.321 e. The van der Waals surface area contributed by atoms with Gasteiger partial charge < -0.3 is 5.32 Å². The highest BCUT2D eigenvalue weighted by molar-refractivity contribution is 7.92. The predicted octanol–water partition coefficient (Wildman–Crippen LogP) is 4.65. The molecule has 0 aliphatic rings. The van der Waals surface area contributed by atoms with Gasteiger partial charge in [0.1, 0.15) is 4.83 Å². The van der Waals surface area contributed by atoms with Gasteiger partial charge in [-0.2, -0.15) is 5.10 Å². The maximum atomic E-state index is 12.7. The van der Waals surface area contributed by atoms with Crippen molar-refractivity contribution < 1.29 is 13.2 Å². The topological polar surface area (TPSA) is 93.1 Å². The number of hydrogen-bond donors (Lipinski definition) is 2. The molecule has 0 spiro atoms. The first-order chi connectivity index (χ1) is 14.2. The Bertz CT molecular complexity index is 1320. The van der Waals surface area contributed by atoms with Crippen LogP contribution in [0.2, 0.25) is 5.02 Å². The molecule has 0 atom stereocenters. The molecule has 7 nitrogen and oxygen atoms in total. The first kappa shape index (κ1) is 20.4. The monoisotopic (exact) mass is 460 g/mol. The molecule has 10 heteroatoms. The number of thiophene rings is 1. The van der Waals surface area contributed by atoms with Crippen LogP contribution in [0.25, 0.3) is 10.2 Å². The number of aromatic nitrogens is 2. The summed E-state index contributed by atoms with van der Waals surface area (Å²) in [7, 11) is -2.00. The van der Waals surface area contributed by atoms with Gasteiger partial charge in [-0.25, -0.2) is 8.42 Å². The zero-order valence-electron chi connectivity index (χ0n) is 16.0. The van der Waals surface area contributed by atoms with Crippen LogP contribution in [0.4, 0.5) is 11.4 Å². The largest absolute Gasteiger partial charge is 0.321 e. The average molecular weight is 461 g/mol. The maximum Gasteiger partial charge on any atom is 0.265 e. The molecule has 0 saturated heterocycles. The molecule has 154 valence electrons. The van der Waals surface area contributed by atoms with E-state index in [0.717, 1.165) is 15.9 Å². The molecule has 0 bridgehead atoms. The number of amides is 1. The van der Waals surface area contributed by atoms with Gasteiger partial charge in [-0.05, 0) is 55.5 Å². The molecule has 0 saturated carbocycles. The predicted molar refractivity (Wildman–Crippen MR) is 120 cm³/mol. The molecule has 2 heterocycles. The molecule has 0 unspecified atom stereocenters. The highest BCUT2D eigenvalue weighted by Crippen LogP contribution is 2.28. The van der Waals surface area contributed by atoms with Gasteiger partial charge in [-0.1, -0.05) is 17.7 Å². The van der Waals surface area contributed by atoms with E-state index in [1.807, 2.05) is 14.0 Å². The number of nitrogens with zero attached hydrogens (tertiary/aromatic N) is 2. The zero-order chi connectivity index (χ0) is 21.5. The molecule has 2 aromatic carbocycles. The summed E-state index contributed by atoms with van der Waals surface area (Å²) in [4.78, 5) is 14.1. The third-order valence-corrected chi connectivity index (χ3v) is 7.25. The summed E-state index contributed by atoms with van der Waals surface area (Å²) in [6.45, 7) is 1.89. The van der Waals surface area contributed by atoms with E-state index in [0.29, 0.717) is 21.3 Å². The quantitative estimate of drug-likeness (QED) is 0.453. The van der Waals surface area contributed by atoms with Crippen LogP contribution in [0, 0.1) is 6.92 Å². The number of carbonyl (C=O) groups excluding carboxylic acids is 1. The van der Waals surface area contributed by atoms with Gasteiger partial charge in [-0.3, -0.25) is 14.2 Å². The van der Waals surface area contributed by atoms with Crippen molar-refractivity contribution in [2.75, 3.05) is 10.0 Å². The molecular formula is C20H17ClN4O3S2. The third kappa shape index (κ3) is 4.04. The number of halogens is 1. The minimum atomic E-state index is -3.83. The summed E-state index contributed by atoms with van der Waals surface area (Å²) >= 11 is 7.17. The fraction of sp³-hybridized carbons (Fsp3) is 0.100. The second-order valence-corrected chi connectivity index (χ2v) is 9.78. The van der Waals surface area contributed by atoms with E-state index >= 15 is 0 Å². The first-order valence-electron chi connectivity index (χ1n) is 8.86. The molecule has 4 rings (SSSR count). The van der Waals surface area contributed by atoms with Crippen LogP contribution in [0.15, 0.2) is 59.5 Å². The molecule has 0 aliphatic heterocycles. The Balaban J connectivity index is 1.55. The Morgan fingerprint density at radius 2 is 1.83 bits per heavy atom. The van der Waals surface area contributed by atoms with Crippen LogP contribution in [0.5, 0.6) is 0 Å². The summed E-state index contributed by atoms with van der Waals surface area (Å²) in [5.41, 5.74) is 1.62. The molecule has 30 heavy (non-hydrogen) atoms. The average Bonchev–Trinajstić information content (AvgIpc) is 3.25. The molecule has 2 N–H and O–H groups in total. The van der Waals surface area contributed by atoms with E-state index in [-0.39, 0.29) is 10.8 Å². The van der Waals surface area contributed by atoms with Crippen molar-refractivity contribution in [1.29, 1.82) is 0 Å². The van der Waals surface area contributed by atoms with E-state index in [2.05, 4.69) is 15.1 Å². The van der Waals surface area contributed by atoms with Crippen LogP contribution >= 0.6 is 22.9 Å². The smallest absolute Gasteiger partial charge is 0.265 e. The van der Waals surface area contributed by atoms with Crippen LogP contribution in [-0.4, -0.2) is 24.1 Å². The first-order valence-corrected chi connectivity index (χ1v) is 11.5. The normalized spacial score (nSPS) is 11.6. The Morgan fingerprint density at radius 1 is 1.10 bits per heavy atom. The van der Waals surface area contributed by atoms with Crippen LogP contribution in [0.3, 0.4) is 0 Å². The zero-order valence-corrected chi connectivity index (χ0v) is 18.4. The number of nitrogens with one attached hydrogen (secondary N) is 2. The lowest BCUT2D eigenvalue weighted by Gasteiger charge is -2.10. The number of anilines is 2. The lowest BCUT2D eigenvalue weighted by Crippen LogP contribution is -2.14. The summed E-state index contributed by atoms with van der Waals surface area (Å²) in [5, 5.41) is 8.53. The van der Waals surface area contributed by atoms with Crippen LogP contribution in [0.1, 0.15) is 15.4 Å². The van der Waals surface area contributed by atoms with E-state index in [1.165, 1.54) is 23.5 Å². The highest BCUT2D eigenvalue weighted by atomic mass is 35.5. The fourth-order valence-corrected chi connectivity index (χ4v) is 5.23. The van der Waals surface area contributed by atoms with E-state index in [1.54, 1.807) is 47.1 Å². The van der Waals surface area contributed by atoms with Crippen molar-refractivity contribution in [3.8, 4) is 0 Å². The van der Waals surface area contributed by atoms with Gasteiger partial charge in [0.25, 0.3) is 15.9 Å². The van der Waals surface area contributed by atoms with Crippen LogP contribution in [-0.2, 0) is 17.1 Å². The van der Waals surface area contributed by atoms with E-state index in [4.69, 9.17) is 11.6 Å². The Hall–Kier alpha value is -2.88. The SMILES string of the molecule is Cc1nn(C)c2sc(C(=O)Nc3cccc(S(=O)(=O)Nc4ccc(Cl)cc4)c3)cc12. The molecule has 1 amide bonds. The summed E-state index contributed by atoms with van der Waals surface area (Å²) in [6, 6.07) is 14.2. The molecule has 0 radical (unpaired) electrons. The molecular weight excluding hydrogens is 444 g/mol. The third-order valence-electron chi connectivity index (χ3n) is 4.42. The van der Waals surface area contributed by atoms with Crippen molar-refractivity contribution in [3.05, 3.63) is 70.2 Å². The number of sulfonamides is 1. The van der Waals surface area contributed by atoms with Gasteiger partial charge in [0.2, 0.25) is 0 Å². The Labute approximate surface area is 182 Å². The molecule has 4 aromatic rings. The van der Waals surface area contributed by atoms with Crippen molar-refractivity contribution in [2.24, 2.45) is 7.05 Å². The van der Waals surface area contributed by atoms with Crippen molar-refractivity contribution >= 4 is 60.5 Å². The Kier molecular flexibility index (Phi) is 5.27. The number of hydrogen-bond acceptors (Lipinski definition) is 5. The number of fused-ring (bicyclic) bond motifs is 1. The van der Waals surface area contributed by atoms with Gasteiger partial charge in [-0.15, -0.1) is 11.3 Å². The van der Waals surface area contributed by atoms with Gasteiger partial charge in [0.05, 0.1) is 15.5 Å². The number of rotatable bonds is 5. The number of aryl methyl sites for hydroxylation is 2. The lowest BCUT2D eigenvalue weighted by atomic mass is 10.3. The molecule has 0 aliphatic carbocycles. The maximum absolute atomic E-state index is 12.7. The fourth-order valence-electron chi connectivity index (χ4n) is 2.98. The van der Waals surface area contributed by atoms with Crippen molar-refractivity contribution in [2.45, 2.75) is 11.8 Å². The second-order valence-electron chi connectivity index (χ2n) is 6.63. The Morgan fingerprint density at radius 3 is 2.53 bits per heavy atom. The minimum absolute atomic E-state index is 0.0339. The van der Waals surface area contributed by atoms with Crippen LogP contribution < -0.4 is 10.0 Å². The highest BCUT2D eigenvalue weighted by Gasteiger charge is 2.18. The number of benzene rings is 2. The lowest BCUT2D eigenvalue weighted by molar-refractivity contribution is 0.103. The van der Waals surface area contributed by atoms with E-state index in [9.17, 15) is 13.2 Å². The van der Waals surface area contributed by atoms with E-state index < -0.39 is 10.0 Å². The van der Waals surface area contributed by atoms with Crippen molar-refractivity contribution in [3.63, 3.8) is 0 Å². The summed E-state index contributed by atoms with van der Waals surface area (Å²) in [5.74, 6) is -0.309. The van der Waals surface area contributed by atoms with Crippen molar-refractivity contribution in [1.82, 2.24) is 9.78 Å². The number of carbonyl (C=O) groups is 1. The summed E-state index contributed by atoms with van der Waals surface area (Å²) < 4.78 is 29.6. The van der Waals surface area contributed by atoms with Gasteiger partial charge in [0, 0.05) is 28.8 Å². The summed E-state index contributed by atoms with van der Waals surface area (Å²) in [6.07, 6.45) is 0. The van der Waals surface area contributed by atoms with Gasteiger partial charge in [0.15, 0.2) is 0 Å². The van der Waals surface area contributed by atoms with Gasteiger partial charge >= 0.3 is 0 Å². The standard InChI is InChI=1S/C20H17ClN4O3S2/c1-12-17-11-18(29-20(17)25(2)23-12)19(26)22-15-4-3-5-16(10-15)30(27,28)24-14-8-6-13(21)7-9-14/h3-11,24H,1-2H3,(H,22,26).